The van der Waals surface area contributed by atoms with Gasteiger partial charge in [-0.15, -0.1) is 0 Å². The first kappa shape index (κ1) is 26.6. The minimum Gasteiger partial charge on any atom is -0.397 e. The van der Waals surface area contributed by atoms with Gasteiger partial charge in [-0.1, -0.05) is 38.5 Å². The SMILES string of the molecule is CO[Si](CCCC([Si])(CCC[Si](OC)OC)CCC[Si](OC)OC)OC. The van der Waals surface area contributed by atoms with Crippen LogP contribution in [0.2, 0.25) is 23.2 Å². The van der Waals surface area contributed by atoms with Crippen LogP contribution in [-0.4, -0.2) is 80.8 Å². The van der Waals surface area contributed by atoms with Crippen molar-refractivity contribution in [3.63, 3.8) is 0 Å². The molecule has 0 heterocycles. The van der Waals surface area contributed by atoms with Crippen molar-refractivity contribution in [1.29, 1.82) is 0 Å². The molecule has 0 fully saturated rings. The molecule has 0 bridgehead atoms. The highest BCUT2D eigenvalue weighted by Crippen LogP contribution is 2.41. The zero-order valence-corrected chi connectivity index (χ0v) is 21.3. The second kappa shape index (κ2) is 16.6. The van der Waals surface area contributed by atoms with Gasteiger partial charge in [0, 0.05) is 52.9 Å². The third-order valence-electron chi connectivity index (χ3n) is 4.47. The van der Waals surface area contributed by atoms with E-state index in [-0.39, 0.29) is 5.04 Å². The van der Waals surface area contributed by atoms with Gasteiger partial charge in [-0.25, -0.2) is 0 Å². The monoisotopic (exact) mass is 436 g/mol. The molecule has 0 unspecified atom stereocenters. The summed E-state index contributed by atoms with van der Waals surface area (Å²) < 4.78 is 32.4. The van der Waals surface area contributed by atoms with Crippen molar-refractivity contribution in [3.05, 3.63) is 0 Å². The number of rotatable bonds is 18. The summed E-state index contributed by atoms with van der Waals surface area (Å²) in [7, 11) is 11.2. The van der Waals surface area contributed by atoms with Crippen molar-refractivity contribution in [2.75, 3.05) is 42.7 Å². The summed E-state index contributed by atoms with van der Waals surface area (Å²) in [5.41, 5.74) is 0. The molecule has 10 heteroatoms. The largest absolute Gasteiger partial charge is 0.397 e. The average molecular weight is 437 g/mol. The van der Waals surface area contributed by atoms with Crippen LogP contribution in [0.4, 0.5) is 0 Å². The Kier molecular flexibility index (Phi) is 17.0. The fraction of sp³-hybridized carbons (Fsp3) is 1.00. The van der Waals surface area contributed by atoms with E-state index in [9.17, 15) is 0 Å². The Bertz CT molecular complexity index is 270. The first-order valence-corrected chi connectivity index (χ1v) is 14.1. The second-order valence-corrected chi connectivity index (χ2v) is 13.4. The van der Waals surface area contributed by atoms with E-state index in [1.54, 1.807) is 42.7 Å². The van der Waals surface area contributed by atoms with Crippen LogP contribution >= 0.6 is 0 Å². The normalized spacial score (nSPS) is 12.7. The van der Waals surface area contributed by atoms with Crippen LogP contribution in [0.5, 0.6) is 0 Å². The summed E-state index contributed by atoms with van der Waals surface area (Å²) in [5.74, 6) is 0. The van der Waals surface area contributed by atoms with Crippen molar-refractivity contribution >= 4 is 38.1 Å². The maximum atomic E-state index is 5.40. The topological polar surface area (TPSA) is 55.4 Å². The molecule has 0 aromatic heterocycles. The molecular weight excluding hydrogens is 401 g/mol. The van der Waals surface area contributed by atoms with E-state index in [0.29, 0.717) is 0 Å². The van der Waals surface area contributed by atoms with Gasteiger partial charge >= 0.3 is 27.9 Å². The van der Waals surface area contributed by atoms with Crippen LogP contribution in [0, 0.1) is 0 Å². The lowest BCUT2D eigenvalue weighted by Gasteiger charge is -2.30. The van der Waals surface area contributed by atoms with Gasteiger partial charge < -0.3 is 26.6 Å². The third-order valence-corrected chi connectivity index (χ3v) is 10.2. The standard InChI is InChI=1S/C16H36O6Si4/c1-17-24(18-2)13-7-10-16(23,11-8-14-25(19-3)20-4)12-9-15-26(21-5)22-6/h7-15H2,1-6H3. The Hall–Kier alpha value is 0.628. The smallest absolute Gasteiger partial charge is 0.384 e. The van der Waals surface area contributed by atoms with Gasteiger partial charge in [-0.05, 0) is 23.2 Å². The summed E-state index contributed by atoms with van der Waals surface area (Å²) in [5, 5.41) is 0.122. The molecule has 6 nitrogen and oxygen atoms in total. The minimum absolute atomic E-state index is 0.122. The van der Waals surface area contributed by atoms with E-state index in [1.807, 2.05) is 0 Å². The van der Waals surface area contributed by atoms with Gasteiger partial charge in [0.1, 0.15) is 0 Å². The van der Waals surface area contributed by atoms with Crippen molar-refractivity contribution in [2.45, 2.75) is 61.7 Å². The highest BCUT2D eigenvalue weighted by Gasteiger charge is 2.27. The first-order chi connectivity index (χ1) is 12.5. The van der Waals surface area contributed by atoms with E-state index >= 15 is 0 Å². The molecule has 152 valence electrons. The number of hydrogen-bond donors (Lipinski definition) is 0. The molecule has 0 saturated carbocycles. The van der Waals surface area contributed by atoms with Gasteiger partial charge in [-0.2, -0.15) is 0 Å². The fourth-order valence-electron chi connectivity index (χ4n) is 2.95. The molecule has 0 aliphatic carbocycles. The molecule has 0 N–H and O–H groups in total. The Balaban J connectivity index is 4.52. The van der Waals surface area contributed by atoms with Gasteiger partial charge in [0.15, 0.2) is 0 Å². The molecule has 0 aliphatic rings. The molecule has 0 aromatic carbocycles. The van der Waals surface area contributed by atoms with E-state index in [4.69, 9.17) is 26.6 Å². The first-order valence-electron chi connectivity index (χ1n) is 9.05. The predicted molar refractivity (Wildman–Crippen MR) is 110 cm³/mol. The van der Waals surface area contributed by atoms with E-state index < -0.39 is 27.9 Å². The van der Waals surface area contributed by atoms with Crippen molar-refractivity contribution in [3.8, 4) is 0 Å². The Morgan fingerprint density at radius 2 is 0.769 bits per heavy atom. The Morgan fingerprint density at radius 1 is 0.538 bits per heavy atom. The molecule has 0 saturated heterocycles. The van der Waals surface area contributed by atoms with Gasteiger partial charge in [0.25, 0.3) is 0 Å². The van der Waals surface area contributed by atoms with Crippen molar-refractivity contribution < 1.29 is 26.6 Å². The summed E-state index contributed by atoms with van der Waals surface area (Å²) in [6.45, 7) is 0. The maximum Gasteiger partial charge on any atom is 0.384 e. The fourth-order valence-corrected chi connectivity index (χ4v) is 6.60. The zero-order valence-electron chi connectivity index (χ0n) is 17.3. The van der Waals surface area contributed by atoms with Crippen LogP contribution < -0.4 is 0 Å². The highest BCUT2D eigenvalue weighted by atomic mass is 28.3. The second-order valence-electron chi connectivity index (χ2n) is 6.18. The predicted octanol–water partition coefficient (Wildman–Crippen LogP) is 3.00. The third kappa shape index (κ3) is 12.2. The zero-order chi connectivity index (χ0) is 19.8. The van der Waals surface area contributed by atoms with Crippen molar-refractivity contribution in [1.82, 2.24) is 0 Å². The quantitative estimate of drug-likeness (QED) is 0.308. The molecule has 0 aromatic rings. The molecule has 0 amide bonds. The maximum absolute atomic E-state index is 5.40. The minimum atomic E-state index is -1.12. The number of hydrogen-bond acceptors (Lipinski definition) is 6. The van der Waals surface area contributed by atoms with Crippen LogP contribution in [-0.2, 0) is 26.6 Å². The van der Waals surface area contributed by atoms with Crippen LogP contribution in [0.25, 0.3) is 0 Å². The van der Waals surface area contributed by atoms with Gasteiger partial charge in [-0.3, -0.25) is 0 Å². The molecule has 0 aliphatic heterocycles. The molecule has 6 radical (unpaired) electrons. The Labute approximate surface area is 169 Å². The molecule has 0 spiro atoms. The van der Waals surface area contributed by atoms with E-state index in [0.717, 1.165) is 56.7 Å². The van der Waals surface area contributed by atoms with Gasteiger partial charge in [0.05, 0.1) is 0 Å². The van der Waals surface area contributed by atoms with Gasteiger partial charge in [0.2, 0.25) is 0 Å². The van der Waals surface area contributed by atoms with Crippen LogP contribution in [0.15, 0.2) is 0 Å². The molecule has 0 rings (SSSR count). The summed E-state index contributed by atoms with van der Waals surface area (Å²) in [6, 6.07) is 3.00. The van der Waals surface area contributed by atoms with E-state index in [2.05, 4.69) is 10.2 Å². The van der Waals surface area contributed by atoms with Crippen LogP contribution in [0.1, 0.15) is 38.5 Å². The highest BCUT2D eigenvalue weighted by molar-refractivity contribution is 6.44. The summed E-state index contributed by atoms with van der Waals surface area (Å²) in [6.07, 6.45) is 6.60. The van der Waals surface area contributed by atoms with E-state index in [1.165, 1.54) is 0 Å². The average Bonchev–Trinajstić information content (AvgIpc) is 2.66. The lowest BCUT2D eigenvalue weighted by molar-refractivity contribution is 0.270. The molecule has 26 heavy (non-hydrogen) atoms. The molecular formula is C16H36O6Si4. The van der Waals surface area contributed by atoms with Crippen LogP contribution in [0.3, 0.4) is 0 Å². The summed E-state index contributed by atoms with van der Waals surface area (Å²) in [4.78, 5) is 0. The van der Waals surface area contributed by atoms with Crippen molar-refractivity contribution in [2.24, 2.45) is 0 Å². The molecule has 0 atom stereocenters. The lowest BCUT2D eigenvalue weighted by Crippen LogP contribution is -2.23. The summed E-state index contributed by atoms with van der Waals surface area (Å²) >= 11 is 0. The Morgan fingerprint density at radius 3 is 0.962 bits per heavy atom. The lowest BCUT2D eigenvalue weighted by atomic mass is 9.92.